The van der Waals surface area contributed by atoms with Gasteiger partial charge in [-0.3, -0.25) is 9.10 Å². The molecular formula is C20H33ClN2O4S. The maximum Gasteiger partial charge on any atom is 0.232 e. The second-order valence-electron chi connectivity index (χ2n) is 6.98. The van der Waals surface area contributed by atoms with E-state index in [1.807, 2.05) is 0 Å². The van der Waals surface area contributed by atoms with Gasteiger partial charge in [-0.1, -0.05) is 44.7 Å². The van der Waals surface area contributed by atoms with Crippen LogP contribution in [-0.4, -0.2) is 40.8 Å². The molecule has 0 spiro atoms. The van der Waals surface area contributed by atoms with Crippen molar-refractivity contribution in [3.8, 4) is 5.75 Å². The van der Waals surface area contributed by atoms with Crippen LogP contribution in [0.2, 0.25) is 5.02 Å². The quantitative estimate of drug-likeness (QED) is 0.506. The molecule has 0 bridgehead atoms. The van der Waals surface area contributed by atoms with Crippen molar-refractivity contribution < 1.29 is 17.9 Å². The summed E-state index contributed by atoms with van der Waals surface area (Å²) in [6, 6.07) is 4.82. The van der Waals surface area contributed by atoms with Gasteiger partial charge in [-0.15, -0.1) is 0 Å². The zero-order chi connectivity index (χ0) is 21.2. The van der Waals surface area contributed by atoms with Crippen LogP contribution in [0.3, 0.4) is 0 Å². The zero-order valence-electron chi connectivity index (χ0n) is 17.3. The number of rotatable bonds is 13. The molecule has 8 heteroatoms. The second-order valence-corrected chi connectivity index (χ2v) is 9.32. The van der Waals surface area contributed by atoms with Gasteiger partial charge in [0.15, 0.2) is 0 Å². The van der Waals surface area contributed by atoms with E-state index in [1.54, 1.807) is 18.2 Å². The largest absolute Gasteiger partial charge is 0.495 e. The molecule has 0 heterocycles. The van der Waals surface area contributed by atoms with Gasteiger partial charge in [0.1, 0.15) is 5.75 Å². The van der Waals surface area contributed by atoms with E-state index in [2.05, 4.69) is 19.2 Å². The number of amides is 1. The molecule has 1 aromatic carbocycles. The fourth-order valence-corrected chi connectivity index (χ4v) is 4.12. The van der Waals surface area contributed by atoms with Crippen molar-refractivity contribution >= 4 is 33.2 Å². The average Bonchev–Trinajstić information content (AvgIpc) is 2.64. The van der Waals surface area contributed by atoms with Crippen LogP contribution >= 0.6 is 11.6 Å². The molecule has 0 aliphatic heterocycles. The van der Waals surface area contributed by atoms with Gasteiger partial charge < -0.3 is 10.1 Å². The molecule has 1 aromatic rings. The molecule has 1 amide bonds. The van der Waals surface area contributed by atoms with Crippen molar-refractivity contribution in [2.75, 3.05) is 30.8 Å². The summed E-state index contributed by atoms with van der Waals surface area (Å²) < 4.78 is 31.0. The minimum absolute atomic E-state index is 0.0542. The standard InChI is InChI=1S/C20H33ClN2O4S/c1-5-7-9-16(6-2)15-22-20(24)10-8-13-23(28(4,25)26)18-14-17(21)11-12-19(18)27-3/h11-12,14,16H,5-10,13,15H2,1-4H3,(H,22,24). The molecular weight excluding hydrogens is 400 g/mol. The third kappa shape index (κ3) is 8.27. The van der Waals surface area contributed by atoms with Crippen LogP contribution in [0.4, 0.5) is 5.69 Å². The highest BCUT2D eigenvalue weighted by atomic mass is 35.5. The van der Waals surface area contributed by atoms with Gasteiger partial charge in [0, 0.05) is 24.5 Å². The fraction of sp³-hybridized carbons (Fsp3) is 0.650. The minimum atomic E-state index is -3.54. The lowest BCUT2D eigenvalue weighted by Crippen LogP contribution is -2.33. The Kier molecular flexibility index (Phi) is 10.7. The summed E-state index contributed by atoms with van der Waals surface area (Å²) in [6.45, 7) is 5.14. The summed E-state index contributed by atoms with van der Waals surface area (Å²) in [6.07, 6.45) is 6.27. The van der Waals surface area contributed by atoms with E-state index in [4.69, 9.17) is 16.3 Å². The molecule has 0 aliphatic rings. The zero-order valence-corrected chi connectivity index (χ0v) is 18.9. The number of anilines is 1. The number of halogens is 1. The molecule has 160 valence electrons. The number of hydrogen-bond donors (Lipinski definition) is 1. The Morgan fingerprint density at radius 2 is 2.00 bits per heavy atom. The maximum absolute atomic E-state index is 12.3. The normalized spacial score (nSPS) is 12.5. The number of unbranched alkanes of at least 4 members (excludes halogenated alkanes) is 1. The Balaban J connectivity index is 2.66. The highest BCUT2D eigenvalue weighted by Gasteiger charge is 2.21. The number of benzene rings is 1. The Hall–Kier alpha value is -1.47. The summed E-state index contributed by atoms with van der Waals surface area (Å²) in [5.74, 6) is 0.856. The number of carbonyl (C=O) groups excluding carboxylic acids is 1. The van der Waals surface area contributed by atoms with E-state index in [-0.39, 0.29) is 18.9 Å². The molecule has 1 unspecified atom stereocenters. The van der Waals surface area contributed by atoms with Crippen LogP contribution in [0.1, 0.15) is 52.4 Å². The molecule has 0 fully saturated rings. The molecule has 1 N–H and O–H groups in total. The van der Waals surface area contributed by atoms with Gasteiger partial charge in [0.05, 0.1) is 19.1 Å². The lowest BCUT2D eigenvalue weighted by atomic mass is 9.99. The lowest BCUT2D eigenvalue weighted by molar-refractivity contribution is -0.121. The number of ether oxygens (including phenoxy) is 1. The Morgan fingerprint density at radius 3 is 2.57 bits per heavy atom. The predicted molar refractivity (Wildman–Crippen MR) is 116 cm³/mol. The Labute approximate surface area is 174 Å². The number of methoxy groups -OCH3 is 1. The maximum atomic E-state index is 12.3. The van der Waals surface area contributed by atoms with E-state index in [9.17, 15) is 13.2 Å². The summed E-state index contributed by atoms with van der Waals surface area (Å²) in [4.78, 5) is 12.2. The van der Waals surface area contributed by atoms with Gasteiger partial charge in [-0.2, -0.15) is 0 Å². The van der Waals surface area contributed by atoms with E-state index in [1.165, 1.54) is 17.8 Å². The highest BCUT2D eigenvalue weighted by Crippen LogP contribution is 2.32. The first-order chi connectivity index (χ1) is 13.2. The number of carbonyl (C=O) groups is 1. The second kappa shape index (κ2) is 12.2. The van der Waals surface area contributed by atoms with Crippen LogP contribution in [0.25, 0.3) is 0 Å². The van der Waals surface area contributed by atoms with Crippen molar-refractivity contribution in [3.05, 3.63) is 23.2 Å². The third-order valence-electron chi connectivity index (χ3n) is 4.71. The molecule has 0 saturated heterocycles. The predicted octanol–water partition coefficient (Wildman–Crippen LogP) is 4.23. The fourth-order valence-electron chi connectivity index (χ4n) is 3.00. The first kappa shape index (κ1) is 24.6. The van der Waals surface area contributed by atoms with E-state index in [0.29, 0.717) is 35.3 Å². The summed E-state index contributed by atoms with van der Waals surface area (Å²) in [5.41, 5.74) is 0.378. The first-order valence-electron chi connectivity index (χ1n) is 9.80. The van der Waals surface area contributed by atoms with Crippen molar-refractivity contribution in [2.24, 2.45) is 5.92 Å². The van der Waals surface area contributed by atoms with Crippen LogP contribution in [0.15, 0.2) is 18.2 Å². The van der Waals surface area contributed by atoms with Crippen LogP contribution in [0, 0.1) is 5.92 Å². The number of nitrogens with zero attached hydrogens (tertiary/aromatic N) is 1. The van der Waals surface area contributed by atoms with Crippen LogP contribution in [0.5, 0.6) is 5.75 Å². The Morgan fingerprint density at radius 1 is 1.29 bits per heavy atom. The van der Waals surface area contributed by atoms with Crippen molar-refractivity contribution in [2.45, 2.75) is 52.4 Å². The monoisotopic (exact) mass is 432 g/mol. The van der Waals surface area contributed by atoms with Crippen molar-refractivity contribution in [1.29, 1.82) is 0 Å². The lowest BCUT2D eigenvalue weighted by Gasteiger charge is -2.24. The van der Waals surface area contributed by atoms with Crippen LogP contribution in [-0.2, 0) is 14.8 Å². The molecule has 0 radical (unpaired) electrons. The summed E-state index contributed by atoms with van der Waals surface area (Å²) in [5, 5.41) is 3.39. The van der Waals surface area contributed by atoms with Gasteiger partial charge >= 0.3 is 0 Å². The molecule has 0 aliphatic carbocycles. The number of nitrogens with one attached hydrogen (secondary N) is 1. The van der Waals surface area contributed by atoms with Gasteiger partial charge in [-0.25, -0.2) is 8.42 Å². The third-order valence-corrected chi connectivity index (χ3v) is 6.12. The highest BCUT2D eigenvalue weighted by molar-refractivity contribution is 7.92. The van der Waals surface area contributed by atoms with E-state index < -0.39 is 10.0 Å². The topological polar surface area (TPSA) is 75.7 Å². The number of hydrogen-bond acceptors (Lipinski definition) is 4. The van der Waals surface area contributed by atoms with Gasteiger partial charge in [0.25, 0.3) is 0 Å². The van der Waals surface area contributed by atoms with Crippen molar-refractivity contribution in [1.82, 2.24) is 5.32 Å². The van der Waals surface area contributed by atoms with E-state index in [0.717, 1.165) is 25.5 Å². The van der Waals surface area contributed by atoms with Crippen LogP contribution < -0.4 is 14.4 Å². The molecule has 28 heavy (non-hydrogen) atoms. The Bertz CT molecular complexity index is 725. The number of sulfonamides is 1. The SMILES string of the molecule is CCCCC(CC)CNC(=O)CCCN(c1cc(Cl)ccc1OC)S(C)(=O)=O. The van der Waals surface area contributed by atoms with Gasteiger partial charge in [-0.05, 0) is 37.0 Å². The van der Waals surface area contributed by atoms with E-state index >= 15 is 0 Å². The molecule has 1 rings (SSSR count). The van der Waals surface area contributed by atoms with Crippen molar-refractivity contribution in [3.63, 3.8) is 0 Å². The molecule has 0 aromatic heterocycles. The molecule has 1 atom stereocenters. The molecule has 0 saturated carbocycles. The minimum Gasteiger partial charge on any atom is -0.495 e. The summed E-state index contributed by atoms with van der Waals surface area (Å²) in [7, 11) is -2.07. The van der Waals surface area contributed by atoms with Gasteiger partial charge in [0.2, 0.25) is 15.9 Å². The average molecular weight is 433 g/mol. The molecule has 6 nitrogen and oxygen atoms in total. The smallest absolute Gasteiger partial charge is 0.232 e. The summed E-state index contributed by atoms with van der Waals surface area (Å²) >= 11 is 6.03. The first-order valence-corrected chi connectivity index (χ1v) is 12.0.